The molecule has 0 saturated heterocycles. The Kier molecular flexibility index (Phi) is 5.03. The zero-order chi connectivity index (χ0) is 14.4. The summed E-state index contributed by atoms with van der Waals surface area (Å²) < 4.78 is 5.21. The molecule has 0 bridgehead atoms. The van der Waals surface area contributed by atoms with Gasteiger partial charge in [-0.3, -0.25) is 4.79 Å². The number of ether oxygens (including phenoxy) is 1. The van der Waals surface area contributed by atoms with E-state index in [1.165, 1.54) is 0 Å². The normalized spacial score (nSPS) is 10.1. The Hall–Kier alpha value is -1.98. The highest BCUT2D eigenvalue weighted by atomic mass is 32.2. The molecule has 0 aliphatic carbocycles. The van der Waals surface area contributed by atoms with Gasteiger partial charge < -0.3 is 15.8 Å². The number of para-hydroxylation sites is 1. The minimum absolute atomic E-state index is 0.0296. The Bertz CT molecular complexity index is 602. The number of anilines is 1. The molecule has 0 aliphatic rings. The van der Waals surface area contributed by atoms with Gasteiger partial charge in [0.2, 0.25) is 5.91 Å². The van der Waals surface area contributed by atoms with Gasteiger partial charge >= 0.3 is 0 Å². The van der Waals surface area contributed by atoms with E-state index in [9.17, 15) is 4.79 Å². The Morgan fingerprint density at radius 1 is 1.25 bits per heavy atom. The predicted octanol–water partition coefficient (Wildman–Crippen LogP) is 2.74. The monoisotopic (exact) mass is 288 g/mol. The molecule has 0 unspecified atom stereocenters. The van der Waals surface area contributed by atoms with Gasteiger partial charge in [-0.15, -0.1) is 0 Å². The predicted molar refractivity (Wildman–Crippen MR) is 81.2 cm³/mol. The first kappa shape index (κ1) is 14.4. The number of hydrogen-bond acceptors (Lipinski definition) is 4. The lowest BCUT2D eigenvalue weighted by Crippen LogP contribution is -2.22. The van der Waals surface area contributed by atoms with Crippen LogP contribution in [0.2, 0.25) is 0 Å². The van der Waals surface area contributed by atoms with Crippen molar-refractivity contribution in [1.82, 2.24) is 0 Å². The molecular formula is C15H16N2O2S. The van der Waals surface area contributed by atoms with Crippen LogP contribution in [0.4, 0.5) is 5.69 Å². The topological polar surface area (TPSA) is 64.3 Å². The van der Waals surface area contributed by atoms with Crippen LogP contribution in [-0.2, 0) is 4.79 Å². The number of carbonyl (C=O) groups excluding carboxylic acids is 1. The standard InChI is InChI=1S/C15H16N2O2S/c1-19-11-5-4-6-12(9-11)20-14-8-3-2-7-13(14)17-15(18)10-16/h2-9H,10,16H2,1H3,(H,17,18). The molecule has 2 aromatic rings. The van der Waals surface area contributed by atoms with E-state index < -0.39 is 0 Å². The molecule has 0 atom stereocenters. The zero-order valence-electron chi connectivity index (χ0n) is 11.1. The summed E-state index contributed by atoms with van der Waals surface area (Å²) >= 11 is 1.56. The van der Waals surface area contributed by atoms with E-state index in [-0.39, 0.29) is 12.5 Å². The van der Waals surface area contributed by atoms with Crippen molar-refractivity contribution in [3.63, 3.8) is 0 Å². The van der Waals surface area contributed by atoms with E-state index in [1.54, 1.807) is 18.9 Å². The molecule has 4 nitrogen and oxygen atoms in total. The van der Waals surface area contributed by atoms with Gasteiger partial charge in [0.05, 0.1) is 19.3 Å². The van der Waals surface area contributed by atoms with Gasteiger partial charge in [-0.2, -0.15) is 0 Å². The zero-order valence-corrected chi connectivity index (χ0v) is 11.9. The minimum Gasteiger partial charge on any atom is -0.497 e. The van der Waals surface area contributed by atoms with Gasteiger partial charge in [0, 0.05) is 9.79 Å². The van der Waals surface area contributed by atoms with E-state index in [2.05, 4.69) is 5.32 Å². The number of methoxy groups -OCH3 is 1. The summed E-state index contributed by atoms with van der Waals surface area (Å²) in [6.45, 7) is -0.0296. The molecule has 1 amide bonds. The van der Waals surface area contributed by atoms with Gasteiger partial charge in [0.25, 0.3) is 0 Å². The minimum atomic E-state index is -0.205. The Labute approximate surface area is 122 Å². The fraction of sp³-hybridized carbons (Fsp3) is 0.133. The maximum atomic E-state index is 11.4. The second kappa shape index (κ2) is 6.98. The van der Waals surface area contributed by atoms with Crippen LogP contribution in [0.15, 0.2) is 58.3 Å². The highest BCUT2D eigenvalue weighted by Gasteiger charge is 2.07. The molecule has 0 heterocycles. The summed E-state index contributed by atoms with van der Waals surface area (Å²) in [5.74, 6) is 0.599. The number of nitrogens with two attached hydrogens (primary N) is 1. The maximum Gasteiger partial charge on any atom is 0.238 e. The molecule has 20 heavy (non-hydrogen) atoms. The molecule has 0 fully saturated rings. The number of carbonyl (C=O) groups is 1. The van der Waals surface area contributed by atoms with Gasteiger partial charge in [-0.05, 0) is 30.3 Å². The summed E-state index contributed by atoms with van der Waals surface area (Å²) in [6, 6.07) is 15.4. The fourth-order valence-corrected chi connectivity index (χ4v) is 2.60. The largest absolute Gasteiger partial charge is 0.497 e. The molecule has 0 radical (unpaired) electrons. The van der Waals surface area contributed by atoms with E-state index in [1.807, 2.05) is 48.5 Å². The quantitative estimate of drug-likeness (QED) is 0.888. The van der Waals surface area contributed by atoms with E-state index in [0.717, 1.165) is 21.2 Å². The number of hydrogen-bond donors (Lipinski definition) is 2. The van der Waals surface area contributed by atoms with E-state index >= 15 is 0 Å². The summed E-state index contributed by atoms with van der Waals surface area (Å²) in [4.78, 5) is 13.4. The summed E-state index contributed by atoms with van der Waals surface area (Å²) in [5, 5.41) is 2.79. The highest BCUT2D eigenvalue weighted by molar-refractivity contribution is 7.99. The second-order valence-electron chi connectivity index (χ2n) is 4.03. The van der Waals surface area contributed by atoms with E-state index in [0.29, 0.717) is 0 Å². The van der Waals surface area contributed by atoms with Gasteiger partial charge in [-0.1, -0.05) is 30.0 Å². The molecule has 0 aromatic heterocycles. The van der Waals surface area contributed by atoms with E-state index in [4.69, 9.17) is 10.5 Å². The first-order valence-electron chi connectivity index (χ1n) is 6.14. The Morgan fingerprint density at radius 3 is 2.80 bits per heavy atom. The molecule has 3 N–H and O–H groups in total. The van der Waals surface area contributed by atoms with Crippen LogP contribution < -0.4 is 15.8 Å². The smallest absolute Gasteiger partial charge is 0.238 e. The Balaban J connectivity index is 2.22. The number of benzene rings is 2. The molecule has 0 spiro atoms. The molecule has 0 aliphatic heterocycles. The maximum absolute atomic E-state index is 11.4. The lowest BCUT2D eigenvalue weighted by atomic mass is 10.3. The Morgan fingerprint density at radius 2 is 2.05 bits per heavy atom. The first-order valence-corrected chi connectivity index (χ1v) is 6.95. The second-order valence-corrected chi connectivity index (χ2v) is 5.14. The van der Waals surface area contributed by atoms with Crippen molar-refractivity contribution in [2.45, 2.75) is 9.79 Å². The third kappa shape index (κ3) is 3.76. The fourth-order valence-electron chi connectivity index (χ4n) is 1.65. The summed E-state index contributed by atoms with van der Waals surface area (Å²) in [6.07, 6.45) is 0. The summed E-state index contributed by atoms with van der Waals surface area (Å²) in [5.41, 5.74) is 6.09. The molecular weight excluding hydrogens is 272 g/mol. The van der Waals surface area contributed by atoms with Crippen LogP contribution in [0.25, 0.3) is 0 Å². The van der Waals surface area contributed by atoms with Crippen molar-refractivity contribution in [2.24, 2.45) is 5.73 Å². The van der Waals surface area contributed by atoms with Crippen molar-refractivity contribution in [3.05, 3.63) is 48.5 Å². The molecule has 2 rings (SSSR count). The SMILES string of the molecule is COc1cccc(Sc2ccccc2NC(=O)CN)c1. The van der Waals surface area contributed by atoms with Crippen molar-refractivity contribution < 1.29 is 9.53 Å². The number of nitrogens with one attached hydrogen (secondary N) is 1. The third-order valence-corrected chi connectivity index (χ3v) is 3.68. The molecule has 104 valence electrons. The van der Waals surface area contributed by atoms with Crippen molar-refractivity contribution in [2.75, 3.05) is 19.0 Å². The molecule has 5 heteroatoms. The van der Waals surface area contributed by atoms with Crippen LogP contribution in [-0.4, -0.2) is 19.6 Å². The average Bonchev–Trinajstić information content (AvgIpc) is 2.49. The van der Waals surface area contributed by atoms with Crippen LogP contribution in [0, 0.1) is 0 Å². The van der Waals surface area contributed by atoms with Gasteiger partial charge in [-0.25, -0.2) is 0 Å². The third-order valence-electron chi connectivity index (χ3n) is 2.62. The lowest BCUT2D eigenvalue weighted by Gasteiger charge is -2.10. The first-order chi connectivity index (χ1) is 9.72. The van der Waals surface area contributed by atoms with Gasteiger partial charge in [0.15, 0.2) is 0 Å². The number of amides is 1. The summed E-state index contributed by atoms with van der Waals surface area (Å²) in [7, 11) is 1.64. The van der Waals surface area contributed by atoms with Crippen LogP contribution in [0.3, 0.4) is 0 Å². The van der Waals surface area contributed by atoms with Crippen molar-refractivity contribution in [3.8, 4) is 5.75 Å². The average molecular weight is 288 g/mol. The molecule has 0 saturated carbocycles. The van der Waals surface area contributed by atoms with Crippen LogP contribution in [0.1, 0.15) is 0 Å². The lowest BCUT2D eigenvalue weighted by molar-refractivity contribution is -0.114. The van der Waals surface area contributed by atoms with Crippen molar-refractivity contribution in [1.29, 1.82) is 0 Å². The molecule has 2 aromatic carbocycles. The van der Waals surface area contributed by atoms with Crippen LogP contribution >= 0.6 is 11.8 Å². The van der Waals surface area contributed by atoms with Crippen molar-refractivity contribution >= 4 is 23.4 Å². The van der Waals surface area contributed by atoms with Gasteiger partial charge in [0.1, 0.15) is 5.75 Å². The van der Waals surface area contributed by atoms with Crippen LogP contribution in [0.5, 0.6) is 5.75 Å². The number of rotatable bonds is 5. The highest BCUT2D eigenvalue weighted by Crippen LogP contribution is 2.34.